The van der Waals surface area contributed by atoms with Gasteiger partial charge in [0.2, 0.25) is 5.24 Å². The van der Waals surface area contributed by atoms with Crippen LogP contribution in [0.3, 0.4) is 0 Å². The Kier molecular flexibility index (Phi) is 4.81. The molecule has 1 aliphatic carbocycles. The van der Waals surface area contributed by atoms with Gasteiger partial charge in [0.1, 0.15) is 0 Å². The lowest BCUT2D eigenvalue weighted by Crippen LogP contribution is -2.30. The summed E-state index contributed by atoms with van der Waals surface area (Å²) in [6.07, 6.45) is 6.37. The van der Waals surface area contributed by atoms with E-state index in [1.807, 2.05) is 10.6 Å². The lowest BCUT2D eigenvalue weighted by atomic mass is 9.93. The van der Waals surface area contributed by atoms with Gasteiger partial charge in [0.25, 0.3) is 5.56 Å². The molecule has 0 spiro atoms. The van der Waals surface area contributed by atoms with E-state index in [4.69, 9.17) is 11.6 Å². The Morgan fingerprint density at radius 1 is 1.37 bits per heavy atom. The van der Waals surface area contributed by atoms with Crippen LogP contribution in [-0.4, -0.2) is 9.81 Å². The number of pyridine rings is 1. The Bertz CT molecular complexity index is 534. The van der Waals surface area contributed by atoms with Gasteiger partial charge in [-0.05, 0) is 55.3 Å². The second kappa shape index (κ2) is 6.38. The third kappa shape index (κ3) is 3.27. The maximum absolute atomic E-state index is 12.4. The third-order valence-electron chi connectivity index (χ3n) is 3.74. The number of aromatic nitrogens is 1. The number of unbranched alkanes of at least 4 members (excludes halogenated alkanes) is 1. The largest absolute Gasteiger partial charge is 0.312 e. The molecule has 104 valence electrons. The fourth-order valence-electron chi connectivity index (χ4n) is 2.77. The summed E-state index contributed by atoms with van der Waals surface area (Å²) >= 11 is 5.44. The molecule has 0 aromatic carbocycles. The van der Waals surface area contributed by atoms with Crippen LogP contribution < -0.4 is 5.56 Å². The maximum atomic E-state index is 12.4. The van der Waals surface area contributed by atoms with E-state index in [1.54, 1.807) is 0 Å². The van der Waals surface area contributed by atoms with Crippen molar-refractivity contribution in [3.8, 4) is 0 Å². The second-order valence-electron chi connectivity index (χ2n) is 5.19. The number of hydrogen-bond acceptors (Lipinski definition) is 2. The van der Waals surface area contributed by atoms with Gasteiger partial charge in [-0.1, -0.05) is 13.3 Å². The molecule has 0 N–H and O–H groups in total. The first kappa shape index (κ1) is 14.3. The highest BCUT2D eigenvalue weighted by atomic mass is 35.5. The molecule has 0 fully saturated rings. The molecule has 1 aliphatic rings. The quantitative estimate of drug-likeness (QED) is 0.779. The highest BCUT2D eigenvalue weighted by Gasteiger charge is 2.18. The Balaban J connectivity index is 2.47. The first-order valence-corrected chi connectivity index (χ1v) is 7.44. The van der Waals surface area contributed by atoms with E-state index in [-0.39, 0.29) is 12.0 Å². The van der Waals surface area contributed by atoms with Crippen LogP contribution in [0.2, 0.25) is 0 Å². The lowest BCUT2D eigenvalue weighted by Gasteiger charge is -2.22. The number of fused-ring (bicyclic) bond motifs is 1. The van der Waals surface area contributed by atoms with Crippen LogP contribution in [0.4, 0.5) is 0 Å². The molecule has 0 aliphatic heterocycles. The Hall–Kier alpha value is -1.09. The van der Waals surface area contributed by atoms with Gasteiger partial charge in [0, 0.05) is 17.8 Å². The summed E-state index contributed by atoms with van der Waals surface area (Å²) in [6, 6.07) is 1.90. The molecule has 0 saturated carbocycles. The van der Waals surface area contributed by atoms with Gasteiger partial charge in [-0.2, -0.15) is 0 Å². The molecule has 0 amide bonds. The van der Waals surface area contributed by atoms with E-state index >= 15 is 0 Å². The predicted molar refractivity (Wildman–Crippen MR) is 76.8 cm³/mol. The lowest BCUT2D eigenvalue weighted by molar-refractivity contribution is -0.111. The SMILES string of the molecule is CCCCn1c2c(cc(CC(=O)Cl)c1=O)CCCC2. The number of carbonyl (C=O) groups is 1. The number of nitrogens with zero attached hydrogens (tertiary/aromatic N) is 1. The molecule has 0 bridgehead atoms. The molecule has 19 heavy (non-hydrogen) atoms. The molecular formula is C15H20ClNO2. The van der Waals surface area contributed by atoms with E-state index < -0.39 is 5.24 Å². The summed E-state index contributed by atoms with van der Waals surface area (Å²) in [5.74, 6) is 0. The molecule has 3 nitrogen and oxygen atoms in total. The summed E-state index contributed by atoms with van der Waals surface area (Å²) in [5.41, 5.74) is 2.94. The van der Waals surface area contributed by atoms with Crippen LogP contribution in [0.5, 0.6) is 0 Å². The summed E-state index contributed by atoms with van der Waals surface area (Å²) in [6.45, 7) is 2.87. The van der Waals surface area contributed by atoms with Crippen molar-refractivity contribution in [2.24, 2.45) is 0 Å². The van der Waals surface area contributed by atoms with Gasteiger partial charge < -0.3 is 4.57 Å². The number of halogens is 1. The standard InChI is InChI=1S/C15H20ClNO2/c1-2-3-8-17-13-7-5-4-6-11(13)9-12(15(17)19)10-14(16)18/h9H,2-8,10H2,1H3. The zero-order chi connectivity index (χ0) is 13.8. The van der Waals surface area contributed by atoms with Crippen LogP contribution in [0.1, 0.15) is 49.4 Å². The van der Waals surface area contributed by atoms with Crippen molar-refractivity contribution in [2.75, 3.05) is 0 Å². The molecule has 0 saturated heterocycles. The fraction of sp³-hybridized carbons (Fsp3) is 0.600. The molecule has 0 unspecified atom stereocenters. The summed E-state index contributed by atoms with van der Waals surface area (Å²) in [7, 11) is 0. The minimum Gasteiger partial charge on any atom is -0.312 e. The van der Waals surface area contributed by atoms with Gasteiger partial charge in [0.05, 0.1) is 6.42 Å². The average molecular weight is 282 g/mol. The molecule has 1 aromatic rings. The van der Waals surface area contributed by atoms with Crippen molar-refractivity contribution in [3.63, 3.8) is 0 Å². The molecule has 1 heterocycles. The number of rotatable bonds is 5. The minimum atomic E-state index is -0.463. The van der Waals surface area contributed by atoms with Gasteiger partial charge in [-0.3, -0.25) is 9.59 Å². The van der Waals surface area contributed by atoms with Crippen molar-refractivity contribution >= 4 is 16.8 Å². The van der Waals surface area contributed by atoms with E-state index in [2.05, 4.69) is 6.92 Å². The van der Waals surface area contributed by atoms with E-state index in [1.165, 1.54) is 11.3 Å². The number of carbonyl (C=O) groups excluding carboxylic acids is 1. The van der Waals surface area contributed by atoms with Crippen LogP contribution in [0.25, 0.3) is 0 Å². The molecule has 2 rings (SSSR count). The van der Waals surface area contributed by atoms with Crippen molar-refractivity contribution in [2.45, 2.75) is 58.4 Å². The Morgan fingerprint density at radius 2 is 2.11 bits per heavy atom. The van der Waals surface area contributed by atoms with E-state index in [0.717, 1.165) is 45.1 Å². The van der Waals surface area contributed by atoms with Crippen molar-refractivity contribution in [1.82, 2.24) is 4.57 Å². The second-order valence-corrected chi connectivity index (χ2v) is 5.61. The van der Waals surface area contributed by atoms with E-state index in [9.17, 15) is 9.59 Å². The highest BCUT2D eigenvalue weighted by molar-refractivity contribution is 6.63. The zero-order valence-electron chi connectivity index (χ0n) is 11.4. The summed E-state index contributed by atoms with van der Waals surface area (Å²) in [5, 5.41) is -0.463. The van der Waals surface area contributed by atoms with Gasteiger partial charge in [-0.25, -0.2) is 0 Å². The van der Waals surface area contributed by atoms with Crippen molar-refractivity contribution < 1.29 is 4.79 Å². The van der Waals surface area contributed by atoms with E-state index in [0.29, 0.717) is 5.56 Å². The average Bonchev–Trinajstić information content (AvgIpc) is 2.38. The van der Waals surface area contributed by atoms with Gasteiger partial charge in [0.15, 0.2) is 0 Å². The van der Waals surface area contributed by atoms with Crippen LogP contribution in [0.15, 0.2) is 10.9 Å². The van der Waals surface area contributed by atoms with Crippen LogP contribution in [-0.2, 0) is 30.6 Å². The fourth-order valence-corrected chi connectivity index (χ4v) is 2.92. The Labute approximate surface area is 118 Å². The molecular weight excluding hydrogens is 262 g/mol. The predicted octanol–water partition coefficient (Wildman–Crippen LogP) is 2.84. The normalized spacial score (nSPS) is 14.2. The van der Waals surface area contributed by atoms with Gasteiger partial charge in [-0.15, -0.1) is 0 Å². The smallest absolute Gasteiger partial charge is 0.254 e. The summed E-state index contributed by atoms with van der Waals surface area (Å²) in [4.78, 5) is 23.5. The molecule has 0 atom stereocenters. The van der Waals surface area contributed by atoms with Crippen LogP contribution >= 0.6 is 11.6 Å². The monoisotopic (exact) mass is 281 g/mol. The van der Waals surface area contributed by atoms with Crippen molar-refractivity contribution in [1.29, 1.82) is 0 Å². The number of aryl methyl sites for hydroxylation is 1. The maximum Gasteiger partial charge on any atom is 0.254 e. The highest BCUT2D eigenvalue weighted by Crippen LogP contribution is 2.21. The topological polar surface area (TPSA) is 39.1 Å². The zero-order valence-corrected chi connectivity index (χ0v) is 12.1. The molecule has 0 radical (unpaired) electrons. The van der Waals surface area contributed by atoms with Crippen LogP contribution in [0, 0.1) is 0 Å². The minimum absolute atomic E-state index is 0.0249. The Morgan fingerprint density at radius 3 is 2.79 bits per heavy atom. The third-order valence-corrected chi connectivity index (χ3v) is 3.87. The summed E-state index contributed by atoms with van der Waals surface area (Å²) < 4.78 is 1.88. The van der Waals surface area contributed by atoms with Gasteiger partial charge >= 0.3 is 0 Å². The first-order chi connectivity index (χ1) is 9.13. The van der Waals surface area contributed by atoms with Crippen molar-refractivity contribution in [3.05, 3.63) is 33.2 Å². The molecule has 4 heteroatoms. The number of hydrogen-bond donors (Lipinski definition) is 0. The first-order valence-electron chi connectivity index (χ1n) is 7.06. The molecule has 1 aromatic heterocycles.